The summed E-state index contributed by atoms with van der Waals surface area (Å²) in [5.74, 6) is 3.35. The molecule has 43 heteroatoms. The number of nitrogens with zero attached hydrogens (tertiary/aromatic N) is 4. The molecule has 0 aliphatic rings. The molecule has 0 spiro atoms. The van der Waals surface area contributed by atoms with Crippen molar-refractivity contribution < 1.29 is 171 Å². The molecule has 8 aromatic carbocycles. The minimum Gasteiger partial charge on any atom is -0.0622 e. The molecule has 0 aliphatic heterocycles. The molecule has 0 aliphatic carbocycles. The molecule has 0 radical (unpaired) electrons. The molecule has 0 saturated heterocycles. The van der Waals surface area contributed by atoms with E-state index in [0.29, 0.717) is 12.1 Å². The van der Waals surface area contributed by atoms with Crippen LogP contribution in [0.1, 0.15) is 55.4 Å². The van der Waals surface area contributed by atoms with Crippen LogP contribution in [0.4, 0.5) is 26.3 Å². The molecule has 0 atom stereocenters. The Bertz CT molecular complexity index is 3670. The molecular weight excluding hydrogens is 2150 g/mol. The zero-order valence-corrected chi connectivity index (χ0v) is 88.8. The van der Waals surface area contributed by atoms with Gasteiger partial charge in [0.15, 0.2) is 20.2 Å². The van der Waals surface area contributed by atoms with Crippen molar-refractivity contribution in [2.75, 3.05) is 112 Å². The van der Waals surface area contributed by atoms with E-state index in [2.05, 4.69) is 338 Å². The van der Waals surface area contributed by atoms with Crippen molar-refractivity contribution in [1.29, 1.82) is 10.5 Å². The molecule has 0 amide bonds. The Balaban J connectivity index is -0.0000000927. The summed E-state index contributed by atoms with van der Waals surface area (Å²) in [6.07, 6.45) is 4.83. The van der Waals surface area contributed by atoms with E-state index in [-0.39, 0.29) is 111 Å². The van der Waals surface area contributed by atoms with Crippen LogP contribution in [0.2, 0.25) is 0 Å². The van der Waals surface area contributed by atoms with Gasteiger partial charge in [-0.2, -0.15) is 36.9 Å². The molecule has 728 valence electrons. The van der Waals surface area contributed by atoms with E-state index < -0.39 is 31.3 Å². The Kier molecular flexibility index (Phi) is 137. The number of hydrogen-bond acceptors (Lipinski definition) is 13. The second-order valence-electron chi connectivity index (χ2n) is 23.4. The van der Waals surface area contributed by atoms with Gasteiger partial charge in [-0.15, -0.1) is 69.4 Å². The molecule has 131 heavy (non-hydrogen) atoms. The van der Waals surface area contributed by atoms with E-state index in [1.807, 2.05) is 13.8 Å². The molecule has 0 heterocycles. The first-order valence-electron chi connectivity index (χ1n) is 36.2. The van der Waals surface area contributed by atoms with E-state index in [1.54, 1.807) is 12.1 Å². The summed E-state index contributed by atoms with van der Waals surface area (Å²) in [5.41, 5.74) is -11.3. The first-order valence-corrected chi connectivity index (χ1v) is 49.5. The first-order chi connectivity index (χ1) is 60.5. The van der Waals surface area contributed by atoms with Crippen molar-refractivity contribution in [3.63, 3.8) is 0 Å². The number of alkyl halides is 10. The van der Waals surface area contributed by atoms with Gasteiger partial charge >= 0.3 is 101 Å². The van der Waals surface area contributed by atoms with Gasteiger partial charge in [0.2, 0.25) is 0 Å². The van der Waals surface area contributed by atoms with Crippen LogP contribution in [0, 0.1) is 75.9 Å². The third-order valence-corrected chi connectivity index (χ3v) is 28.1. The second kappa shape index (κ2) is 112. The van der Waals surface area contributed by atoms with Crippen molar-refractivity contribution in [3.8, 4) is 12.1 Å². The summed E-state index contributed by atoms with van der Waals surface area (Å²) in [7, 11) is -9.09. The van der Waals surface area contributed by atoms with E-state index in [0.717, 1.165) is 71.4 Å². The van der Waals surface area contributed by atoms with Crippen LogP contribution in [-0.4, -0.2) is 170 Å². The predicted molar refractivity (Wildman–Crippen MR) is 508 cm³/mol. The third kappa shape index (κ3) is 86.4. The van der Waals surface area contributed by atoms with Gasteiger partial charge in [-0.1, -0.05) is 243 Å². The Morgan fingerprint density at radius 3 is 0.511 bits per heavy atom. The molecule has 0 unspecified atom stereocenters. The number of rotatable bonds is 26. The van der Waals surface area contributed by atoms with E-state index >= 15 is 0 Å². The summed E-state index contributed by atoms with van der Waals surface area (Å²) >= 11 is 39.0. The number of nitriles is 2. The van der Waals surface area contributed by atoms with Crippen LogP contribution in [0.5, 0.6) is 0 Å². The monoisotopic (exact) mass is 2250 g/mol. The van der Waals surface area contributed by atoms with E-state index in [1.165, 1.54) is 80.9 Å². The number of hydrogen-bond donors (Lipinski definition) is 0. The van der Waals surface area contributed by atoms with Crippen LogP contribution < -0.4 is 42.4 Å². The van der Waals surface area contributed by atoms with E-state index in [9.17, 15) is 26.3 Å². The quantitative estimate of drug-likeness (QED) is 0.00465. The SMILES string of the molecule is CC#N.CC#N.CC(C)[N+](C)(CC[S-])CC[S-].CC(C)[N+](C)(CC[S-])CC[S-].CCOCC.ClCCl.ClCCl.O=S(=O)([O-])C(F)(F)F.O=S(=O)([O-])C(F)(F)F.[C-]#[O+].[C-]#[O+].[C-]#[O+].[C-]#[O+].[C-]#[O+].[C-]#[O+].[C-]#[O+].[C-]#[O+].[Fe].[Fe].[Fe].[Fe].c1ccc(P(CCP(c2ccccc2)c2ccccc2)c2ccccc2)cc1.c1ccc(P(CCP(c2ccccc2)c2ccccc2)c2ccccc2)cc1. The number of halogens is 10. The molecule has 0 aromatic heterocycles. The fourth-order valence-electron chi connectivity index (χ4n) is 9.19. The normalized spacial score (nSPS) is 9.39. The predicted octanol–water partition coefficient (Wildman–Crippen LogP) is 17.1. The molecular formula is C88H104Cl4F6Fe4N4O15P4S6-4. The largest absolute Gasteiger partial charge is 0.0622 e. The smallest absolute Gasteiger partial charge is 0 e. The summed E-state index contributed by atoms with van der Waals surface area (Å²) < 4.78 is 185. The summed E-state index contributed by atoms with van der Waals surface area (Å²) in [6, 6.07) is 93.2. The van der Waals surface area contributed by atoms with Crippen LogP contribution in [0.15, 0.2) is 243 Å². The van der Waals surface area contributed by atoms with Crippen molar-refractivity contribution in [2.24, 2.45) is 0 Å². The van der Waals surface area contributed by atoms with Gasteiger partial charge in [0.25, 0.3) is 0 Å². The van der Waals surface area contributed by atoms with Crippen molar-refractivity contribution in [1.82, 2.24) is 0 Å². The molecule has 0 bridgehead atoms. The minimum atomic E-state index is -6.09. The van der Waals surface area contributed by atoms with Crippen molar-refractivity contribution in [3.05, 3.63) is 296 Å². The fourth-order valence-corrected chi connectivity index (χ4v) is 21.6. The van der Waals surface area contributed by atoms with Crippen LogP contribution >= 0.6 is 78.1 Å². The maximum atomic E-state index is 10.7. The van der Waals surface area contributed by atoms with Crippen LogP contribution in [-0.2, 0) is 181 Å². The van der Waals surface area contributed by atoms with Gasteiger partial charge in [0.1, 0.15) is 0 Å². The molecule has 0 saturated carbocycles. The molecule has 0 N–H and O–H groups in total. The summed E-state index contributed by atoms with van der Waals surface area (Å²) in [5, 5.41) is 26.8. The van der Waals surface area contributed by atoms with Crippen LogP contribution in [0.25, 0.3) is 0 Å². The van der Waals surface area contributed by atoms with Crippen molar-refractivity contribution >= 4 is 191 Å². The second-order valence-corrected chi connectivity index (χ2v) is 38.7. The number of ether oxygens (including phenoxy) is 1. The zero-order valence-electron chi connectivity index (χ0n) is 72.9. The molecule has 8 aromatic rings. The molecule has 8 rings (SSSR count). The van der Waals surface area contributed by atoms with E-state index in [4.69, 9.17) is 175 Å². The fraction of sp³-hybridized carbons (Fsp3) is 0.341. The first kappa shape index (κ1) is 161. The summed E-state index contributed by atoms with van der Waals surface area (Å²) in [6.45, 7) is 57.7. The molecule has 0 fully saturated rings. The van der Waals surface area contributed by atoms with Gasteiger partial charge in [-0.25, -0.2) is 16.8 Å². The summed E-state index contributed by atoms with van der Waals surface area (Å²) in [4.78, 5) is 0. The third-order valence-electron chi connectivity index (χ3n) is 15.5. The molecule has 19 nitrogen and oxygen atoms in total. The maximum Gasteiger partial charge on any atom is 0 e. The standard InChI is InChI=1S/2C26H24P2.2C8H19NS2.C4H10O.2C2H3N.2CH2Cl2.2CHF3O3S.8CO.4Fe/c2*1-5-13-23(14-6-1)27(24-15-7-2-8-16-24)21-22-28(25-17-9-3-10-18-25)26-19-11-4-12-20-26;2*1-8(2)9(3,4-6-10)5-7-11;1-3-5-4-2;2*1-2-3;2*2-1-3;2*2-1(3,4)8(5,6)7;8*1-2;;;;/h2*1-20H,21-22H2;2*8H,4-7H2,1-3H3,(H-,10,11);3-4H2,1-2H3;2*1H3;2*1H2;2*(H,5,6,7);;;;;;;;;;;;/p-4. The van der Waals surface area contributed by atoms with Gasteiger partial charge in [0, 0.05) is 95.3 Å². The van der Waals surface area contributed by atoms with Gasteiger partial charge in [0.05, 0.1) is 75.2 Å². The van der Waals surface area contributed by atoms with Crippen LogP contribution in [0.3, 0.4) is 0 Å². The Morgan fingerprint density at radius 1 is 0.351 bits per heavy atom. The maximum absolute atomic E-state index is 10.7. The topological polar surface area (TPSA) is 330 Å². The average Bonchev–Trinajstić information content (AvgIpc) is 0.981. The number of quaternary nitrogens is 2. The van der Waals surface area contributed by atoms with Gasteiger partial charge in [-0.05, 0) is 140 Å². The number of benzene rings is 8. The average molecular weight is 2250 g/mol. The Morgan fingerprint density at radius 2 is 0.450 bits per heavy atom. The Labute approximate surface area is 863 Å². The van der Waals surface area contributed by atoms with Gasteiger partial charge < -0.3 is 73.3 Å². The van der Waals surface area contributed by atoms with Crippen molar-refractivity contribution in [2.45, 2.75) is 78.5 Å². The zero-order chi connectivity index (χ0) is 101. The Hall–Kier alpha value is -3.70. The minimum absolute atomic E-state index is 0. The van der Waals surface area contributed by atoms with Gasteiger partial charge in [-0.3, -0.25) is 0 Å².